The maximum atomic E-state index is 12.1. The quantitative estimate of drug-likeness (QED) is 0.886. The minimum Gasteiger partial charge on any atom is -0.369 e. The molecule has 5 heteroatoms. The van der Waals surface area contributed by atoms with E-state index in [0.717, 1.165) is 16.6 Å². The Kier molecular flexibility index (Phi) is 3.46. The number of hydrogen-bond donors (Lipinski definition) is 2. The summed E-state index contributed by atoms with van der Waals surface area (Å²) in [6, 6.07) is 5.64. The molecule has 0 bridgehead atoms. The molecule has 1 atom stereocenters. The number of aryl methyl sites for hydroxylation is 1. The van der Waals surface area contributed by atoms with Crippen molar-refractivity contribution in [3.8, 4) is 0 Å². The molecule has 1 aromatic carbocycles. The number of nitrogen functional groups attached to an aromatic ring is 1. The van der Waals surface area contributed by atoms with Gasteiger partial charge in [0.1, 0.15) is 6.04 Å². The monoisotopic (exact) mass is 260 g/mol. The van der Waals surface area contributed by atoms with E-state index in [1.165, 1.54) is 0 Å². The first-order valence-electron chi connectivity index (χ1n) is 6.44. The largest absolute Gasteiger partial charge is 0.369 e. The van der Waals surface area contributed by atoms with Crippen LogP contribution in [0.5, 0.6) is 0 Å². The molecule has 5 nitrogen and oxygen atoms in total. The zero-order chi connectivity index (χ0) is 14.2. The summed E-state index contributed by atoms with van der Waals surface area (Å²) < 4.78 is 1.77. The Balaban J connectivity index is 2.44. The number of anilines is 1. The van der Waals surface area contributed by atoms with Crippen LogP contribution in [0.4, 0.5) is 5.95 Å². The van der Waals surface area contributed by atoms with Crippen molar-refractivity contribution in [2.75, 3.05) is 5.73 Å². The summed E-state index contributed by atoms with van der Waals surface area (Å²) in [6.45, 7) is 7.70. The zero-order valence-corrected chi connectivity index (χ0v) is 11.8. The molecule has 2 aromatic rings. The Bertz CT molecular complexity index is 615. The first-order valence-corrected chi connectivity index (χ1v) is 6.44. The van der Waals surface area contributed by atoms with E-state index in [2.05, 4.69) is 10.3 Å². The van der Waals surface area contributed by atoms with Gasteiger partial charge < -0.3 is 11.1 Å². The van der Waals surface area contributed by atoms with E-state index in [1.807, 2.05) is 45.9 Å². The van der Waals surface area contributed by atoms with Gasteiger partial charge in [-0.15, -0.1) is 0 Å². The highest BCUT2D eigenvalue weighted by atomic mass is 16.2. The molecule has 1 heterocycles. The Hall–Kier alpha value is -2.04. The Morgan fingerprint density at radius 3 is 2.68 bits per heavy atom. The van der Waals surface area contributed by atoms with E-state index in [9.17, 15) is 4.79 Å². The normalized spacial score (nSPS) is 12.9. The number of nitrogens with one attached hydrogen (secondary N) is 1. The number of carbonyl (C=O) groups excluding carboxylic acids is 1. The molecule has 3 N–H and O–H groups in total. The molecular weight excluding hydrogens is 240 g/mol. The lowest BCUT2D eigenvalue weighted by Gasteiger charge is -2.17. The third-order valence-electron chi connectivity index (χ3n) is 3.07. The molecule has 102 valence electrons. The minimum absolute atomic E-state index is 0.0541. The van der Waals surface area contributed by atoms with Gasteiger partial charge in [-0.1, -0.05) is 6.07 Å². The fourth-order valence-corrected chi connectivity index (χ4v) is 2.16. The van der Waals surface area contributed by atoms with Crippen LogP contribution < -0.4 is 11.1 Å². The Labute approximate surface area is 112 Å². The number of amides is 1. The van der Waals surface area contributed by atoms with Crippen LogP contribution in [-0.2, 0) is 4.79 Å². The number of rotatable bonds is 3. The van der Waals surface area contributed by atoms with E-state index in [1.54, 1.807) is 4.57 Å². The van der Waals surface area contributed by atoms with Gasteiger partial charge in [0.25, 0.3) is 0 Å². The summed E-state index contributed by atoms with van der Waals surface area (Å²) in [4.78, 5) is 16.4. The van der Waals surface area contributed by atoms with E-state index in [-0.39, 0.29) is 18.0 Å². The van der Waals surface area contributed by atoms with Crippen molar-refractivity contribution in [1.29, 1.82) is 0 Å². The highest BCUT2D eigenvalue weighted by Gasteiger charge is 2.20. The number of imidazole rings is 1. The summed E-state index contributed by atoms with van der Waals surface area (Å²) in [5.74, 6) is 0.314. The minimum atomic E-state index is -0.380. The molecule has 19 heavy (non-hydrogen) atoms. The molecular formula is C14H20N4O. The van der Waals surface area contributed by atoms with Gasteiger partial charge in [-0.25, -0.2) is 4.98 Å². The zero-order valence-electron chi connectivity index (χ0n) is 11.8. The van der Waals surface area contributed by atoms with E-state index >= 15 is 0 Å². The second-order valence-corrected chi connectivity index (χ2v) is 5.17. The van der Waals surface area contributed by atoms with E-state index in [0.29, 0.717) is 5.95 Å². The van der Waals surface area contributed by atoms with Crippen LogP contribution in [0.3, 0.4) is 0 Å². The number of nitrogens with zero attached hydrogens (tertiary/aromatic N) is 2. The summed E-state index contributed by atoms with van der Waals surface area (Å²) in [5, 5.41) is 2.89. The number of benzene rings is 1. The smallest absolute Gasteiger partial charge is 0.243 e. The molecule has 0 aliphatic carbocycles. The van der Waals surface area contributed by atoms with Gasteiger partial charge in [-0.3, -0.25) is 9.36 Å². The first-order chi connectivity index (χ1) is 8.90. The number of carbonyl (C=O) groups is 1. The van der Waals surface area contributed by atoms with E-state index in [4.69, 9.17) is 5.73 Å². The summed E-state index contributed by atoms with van der Waals surface area (Å²) >= 11 is 0. The Morgan fingerprint density at radius 2 is 2.05 bits per heavy atom. The van der Waals surface area contributed by atoms with Gasteiger partial charge in [0.05, 0.1) is 11.0 Å². The standard InChI is InChI=1S/C14H20N4O/c1-8(2)16-13(19)10(4)18-12-6-5-9(3)7-11(12)17-14(18)15/h5-8,10H,1-4H3,(H2,15,17)(H,16,19). The average Bonchev–Trinajstić information content (AvgIpc) is 2.62. The van der Waals surface area contributed by atoms with Gasteiger partial charge in [0, 0.05) is 6.04 Å². The van der Waals surface area contributed by atoms with Crippen LogP contribution in [0.2, 0.25) is 0 Å². The summed E-state index contributed by atoms with van der Waals surface area (Å²) in [5.41, 5.74) is 8.77. The molecule has 0 radical (unpaired) electrons. The number of fused-ring (bicyclic) bond motifs is 1. The molecule has 0 saturated carbocycles. The fraction of sp³-hybridized carbons (Fsp3) is 0.429. The highest BCUT2D eigenvalue weighted by Crippen LogP contribution is 2.23. The maximum Gasteiger partial charge on any atom is 0.243 e. The molecule has 1 amide bonds. The molecule has 0 aliphatic rings. The average molecular weight is 260 g/mol. The molecule has 0 aliphatic heterocycles. The highest BCUT2D eigenvalue weighted by molar-refractivity contribution is 5.85. The molecule has 1 unspecified atom stereocenters. The van der Waals surface area contributed by atoms with Crippen LogP contribution in [0.15, 0.2) is 18.2 Å². The van der Waals surface area contributed by atoms with Crippen LogP contribution in [0.25, 0.3) is 11.0 Å². The number of hydrogen-bond acceptors (Lipinski definition) is 3. The number of nitrogens with two attached hydrogens (primary N) is 1. The van der Waals surface area contributed by atoms with Crippen molar-refractivity contribution in [3.63, 3.8) is 0 Å². The van der Waals surface area contributed by atoms with E-state index < -0.39 is 0 Å². The Morgan fingerprint density at radius 1 is 1.37 bits per heavy atom. The predicted octanol–water partition coefficient (Wildman–Crippen LogP) is 2.01. The topological polar surface area (TPSA) is 72.9 Å². The first kappa shape index (κ1) is 13.4. The summed E-state index contributed by atoms with van der Waals surface area (Å²) in [7, 11) is 0. The lowest BCUT2D eigenvalue weighted by molar-refractivity contribution is -0.124. The molecule has 2 rings (SSSR count). The van der Waals surface area contributed by atoms with Crippen molar-refractivity contribution in [1.82, 2.24) is 14.9 Å². The lowest BCUT2D eigenvalue weighted by Crippen LogP contribution is -2.36. The van der Waals surface area contributed by atoms with Crippen molar-refractivity contribution in [2.24, 2.45) is 0 Å². The maximum absolute atomic E-state index is 12.1. The molecule has 1 aromatic heterocycles. The van der Waals surface area contributed by atoms with Crippen LogP contribution in [0, 0.1) is 6.92 Å². The molecule has 0 spiro atoms. The van der Waals surface area contributed by atoms with Gasteiger partial charge in [0.2, 0.25) is 11.9 Å². The van der Waals surface area contributed by atoms with Crippen molar-refractivity contribution in [2.45, 2.75) is 39.8 Å². The second kappa shape index (κ2) is 4.91. The molecule has 0 fully saturated rings. The van der Waals surface area contributed by atoms with Crippen molar-refractivity contribution in [3.05, 3.63) is 23.8 Å². The third-order valence-corrected chi connectivity index (χ3v) is 3.07. The van der Waals surface area contributed by atoms with Gasteiger partial charge >= 0.3 is 0 Å². The number of aromatic nitrogens is 2. The van der Waals surface area contributed by atoms with Crippen LogP contribution in [0.1, 0.15) is 32.4 Å². The van der Waals surface area contributed by atoms with Crippen LogP contribution in [-0.4, -0.2) is 21.5 Å². The van der Waals surface area contributed by atoms with Crippen molar-refractivity contribution >= 4 is 22.9 Å². The lowest BCUT2D eigenvalue weighted by atomic mass is 10.2. The predicted molar refractivity (Wildman–Crippen MR) is 76.9 cm³/mol. The SMILES string of the molecule is Cc1ccc2c(c1)nc(N)n2C(C)C(=O)NC(C)C. The second-order valence-electron chi connectivity index (χ2n) is 5.17. The van der Waals surface area contributed by atoms with Crippen molar-refractivity contribution < 1.29 is 4.79 Å². The fourth-order valence-electron chi connectivity index (χ4n) is 2.16. The summed E-state index contributed by atoms with van der Waals surface area (Å²) in [6.07, 6.45) is 0. The van der Waals surface area contributed by atoms with Gasteiger partial charge in [0.15, 0.2) is 0 Å². The molecule has 0 saturated heterocycles. The third kappa shape index (κ3) is 2.54. The van der Waals surface area contributed by atoms with Gasteiger partial charge in [-0.2, -0.15) is 0 Å². The van der Waals surface area contributed by atoms with Crippen LogP contribution >= 0.6 is 0 Å². The van der Waals surface area contributed by atoms with Gasteiger partial charge in [-0.05, 0) is 45.4 Å².